The van der Waals surface area contributed by atoms with Gasteiger partial charge in [-0.2, -0.15) is 0 Å². The average molecular weight is 528 g/mol. The van der Waals surface area contributed by atoms with E-state index in [4.69, 9.17) is 16.3 Å². The molecule has 1 atom stereocenters. The van der Waals surface area contributed by atoms with E-state index >= 15 is 0 Å². The van der Waals surface area contributed by atoms with Crippen molar-refractivity contribution in [3.05, 3.63) is 123 Å². The van der Waals surface area contributed by atoms with Gasteiger partial charge in [0.2, 0.25) is 0 Å². The molecule has 1 heterocycles. The van der Waals surface area contributed by atoms with Crippen LogP contribution in [0.1, 0.15) is 37.0 Å². The predicted molar refractivity (Wildman–Crippen MR) is 151 cm³/mol. The first-order valence-electron chi connectivity index (χ1n) is 12.5. The number of halogens is 2. The zero-order valence-electron chi connectivity index (χ0n) is 21.2. The van der Waals surface area contributed by atoms with Crippen LogP contribution in [-0.4, -0.2) is 17.6 Å². The van der Waals surface area contributed by atoms with Crippen molar-refractivity contribution < 1.29 is 13.9 Å². The van der Waals surface area contributed by atoms with Crippen LogP contribution in [-0.2, 0) is 21.4 Å². The summed E-state index contributed by atoms with van der Waals surface area (Å²) < 4.78 is 18.8. The summed E-state index contributed by atoms with van der Waals surface area (Å²) in [6.45, 7) is 4.21. The first-order chi connectivity index (χ1) is 18.3. The molecule has 4 aromatic rings. The summed E-state index contributed by atoms with van der Waals surface area (Å²) in [5, 5.41) is 1.41. The monoisotopic (exact) mass is 527 g/mol. The highest BCUT2D eigenvalue weighted by atomic mass is 35.5. The van der Waals surface area contributed by atoms with Crippen LogP contribution < -0.4 is 5.56 Å². The van der Waals surface area contributed by atoms with Gasteiger partial charge in [-0.15, -0.1) is 0 Å². The Morgan fingerprint density at radius 3 is 2.61 bits per heavy atom. The number of rotatable bonds is 6. The van der Waals surface area contributed by atoms with Gasteiger partial charge in [0, 0.05) is 21.5 Å². The van der Waals surface area contributed by atoms with Gasteiger partial charge in [0.05, 0.1) is 13.0 Å². The van der Waals surface area contributed by atoms with Crippen molar-refractivity contribution in [1.29, 1.82) is 0 Å². The second-order valence-electron chi connectivity index (χ2n) is 9.74. The summed E-state index contributed by atoms with van der Waals surface area (Å²) in [4.78, 5) is 27.9. The second-order valence-corrected chi connectivity index (χ2v) is 10.1. The second kappa shape index (κ2) is 10.4. The Morgan fingerprint density at radius 2 is 1.87 bits per heavy atom. The Balaban J connectivity index is 1.49. The van der Waals surface area contributed by atoms with E-state index in [1.807, 2.05) is 48.5 Å². The normalized spacial score (nSPS) is 16.9. The van der Waals surface area contributed by atoms with Crippen LogP contribution in [0.5, 0.6) is 0 Å². The molecule has 1 aromatic heterocycles. The summed E-state index contributed by atoms with van der Waals surface area (Å²) in [6.07, 6.45) is 7.04. The number of benzene rings is 3. The number of allylic oxidation sites excluding steroid dienone is 4. The Morgan fingerprint density at radius 1 is 1.08 bits per heavy atom. The average Bonchev–Trinajstić information content (AvgIpc) is 2.88. The van der Waals surface area contributed by atoms with Gasteiger partial charge >= 0.3 is 5.97 Å². The van der Waals surface area contributed by atoms with Crippen molar-refractivity contribution >= 4 is 34.0 Å². The minimum absolute atomic E-state index is 0.142. The first kappa shape index (κ1) is 25.7. The lowest BCUT2D eigenvalue weighted by Gasteiger charge is -2.30. The zero-order valence-corrected chi connectivity index (χ0v) is 21.9. The van der Waals surface area contributed by atoms with E-state index in [1.54, 1.807) is 19.1 Å². The van der Waals surface area contributed by atoms with Gasteiger partial charge in [0.1, 0.15) is 5.82 Å². The number of hydrogen-bond donors (Lipinski definition) is 1. The number of fused-ring (bicyclic) bond motifs is 1. The number of aromatic amines is 1. The topological polar surface area (TPSA) is 59.2 Å². The van der Waals surface area contributed by atoms with E-state index < -0.39 is 0 Å². The predicted octanol–water partition coefficient (Wildman–Crippen LogP) is 7.39. The Bertz CT molecular complexity index is 1670. The lowest BCUT2D eigenvalue weighted by atomic mass is 9.75. The molecule has 0 fully saturated rings. The van der Waals surface area contributed by atoms with E-state index in [0.29, 0.717) is 29.1 Å². The fourth-order valence-corrected chi connectivity index (χ4v) is 5.30. The molecule has 6 heteroatoms. The number of carbonyl (C=O) groups excluding carboxylic acids is 1. The van der Waals surface area contributed by atoms with Crippen LogP contribution in [0.3, 0.4) is 0 Å². The Kier molecular flexibility index (Phi) is 7.04. The number of pyridine rings is 1. The van der Waals surface area contributed by atoms with Gasteiger partial charge in [0.15, 0.2) is 0 Å². The van der Waals surface area contributed by atoms with Crippen LogP contribution in [0.4, 0.5) is 4.39 Å². The van der Waals surface area contributed by atoms with Crippen molar-refractivity contribution in [3.8, 4) is 11.1 Å². The molecule has 0 saturated heterocycles. The molecular formula is C32H27ClFNO3. The van der Waals surface area contributed by atoms with E-state index in [0.717, 1.165) is 33.2 Å². The fourth-order valence-electron chi connectivity index (χ4n) is 4.92. The molecule has 0 spiro atoms. The molecule has 0 amide bonds. The van der Waals surface area contributed by atoms with Crippen molar-refractivity contribution in [1.82, 2.24) is 4.98 Å². The van der Waals surface area contributed by atoms with Gasteiger partial charge < -0.3 is 9.72 Å². The number of ether oxygens (including phenoxy) is 1. The molecule has 5 rings (SSSR count). The molecule has 1 aliphatic rings. The zero-order chi connectivity index (χ0) is 26.9. The minimum Gasteiger partial charge on any atom is -0.466 e. The maximum absolute atomic E-state index is 13.7. The number of H-pyrrole nitrogens is 1. The molecule has 1 unspecified atom stereocenters. The van der Waals surface area contributed by atoms with Gasteiger partial charge in [-0.1, -0.05) is 73.2 Å². The van der Waals surface area contributed by atoms with E-state index in [9.17, 15) is 14.0 Å². The van der Waals surface area contributed by atoms with Crippen molar-refractivity contribution in [3.63, 3.8) is 0 Å². The van der Waals surface area contributed by atoms with Gasteiger partial charge in [-0.25, -0.2) is 4.39 Å². The van der Waals surface area contributed by atoms with Gasteiger partial charge in [-0.05, 0) is 76.9 Å². The molecule has 0 radical (unpaired) electrons. The summed E-state index contributed by atoms with van der Waals surface area (Å²) in [5.41, 5.74) is 4.78. The minimum atomic E-state index is -0.377. The molecule has 38 heavy (non-hydrogen) atoms. The third-order valence-electron chi connectivity index (χ3n) is 6.97. The molecule has 1 N–H and O–H groups in total. The fraction of sp³-hybridized carbons (Fsp3) is 0.188. The van der Waals surface area contributed by atoms with E-state index in [2.05, 4.69) is 24.1 Å². The summed E-state index contributed by atoms with van der Waals surface area (Å²) >= 11 is 6.73. The maximum atomic E-state index is 13.7. The Hall–Kier alpha value is -3.96. The largest absolute Gasteiger partial charge is 0.466 e. The molecular weight excluding hydrogens is 501 g/mol. The number of esters is 1. The molecule has 0 aliphatic heterocycles. The number of carbonyl (C=O) groups is 1. The summed E-state index contributed by atoms with van der Waals surface area (Å²) in [6, 6.07) is 19.6. The SMILES string of the molecule is CCOC(=O)Cc1cccc(-c2cc3cc(C4(C)C=CC(c5cccc(F)c5)=CC4)c(Cl)cc3[nH]c2=O)c1. The highest BCUT2D eigenvalue weighted by molar-refractivity contribution is 6.32. The third kappa shape index (κ3) is 5.20. The lowest BCUT2D eigenvalue weighted by Crippen LogP contribution is -2.21. The molecule has 4 nitrogen and oxygen atoms in total. The van der Waals surface area contributed by atoms with E-state index in [-0.39, 0.29) is 29.2 Å². The van der Waals surface area contributed by atoms with Crippen LogP contribution in [0, 0.1) is 5.82 Å². The molecule has 0 bridgehead atoms. The number of nitrogens with one attached hydrogen (secondary N) is 1. The standard InChI is InChI=1S/C32H27ClFNO3/c1-3-38-30(36)15-20-6-4-8-23(14-20)26-17-24-18-27(28(33)19-29(24)35-31(26)37)32(2)12-10-21(11-13-32)22-7-5-9-25(34)16-22/h4-12,14,16-19H,3,13,15H2,1-2H3,(H,35,37). The lowest BCUT2D eigenvalue weighted by molar-refractivity contribution is -0.142. The highest BCUT2D eigenvalue weighted by Gasteiger charge is 2.28. The van der Waals surface area contributed by atoms with Crippen LogP contribution in [0.25, 0.3) is 27.6 Å². The first-order valence-corrected chi connectivity index (χ1v) is 12.9. The van der Waals surface area contributed by atoms with Crippen LogP contribution >= 0.6 is 11.6 Å². The van der Waals surface area contributed by atoms with Gasteiger partial charge in [-0.3, -0.25) is 9.59 Å². The molecule has 192 valence electrons. The quantitative estimate of drug-likeness (QED) is 0.266. The van der Waals surface area contributed by atoms with Gasteiger partial charge in [0.25, 0.3) is 5.56 Å². The Labute approximate surface area is 225 Å². The molecule has 3 aromatic carbocycles. The van der Waals surface area contributed by atoms with Crippen molar-refractivity contribution in [2.24, 2.45) is 0 Å². The van der Waals surface area contributed by atoms with E-state index in [1.165, 1.54) is 12.1 Å². The summed E-state index contributed by atoms with van der Waals surface area (Å²) in [5.74, 6) is -0.571. The number of aromatic nitrogens is 1. The van der Waals surface area contributed by atoms with Crippen LogP contribution in [0.2, 0.25) is 5.02 Å². The smallest absolute Gasteiger partial charge is 0.310 e. The van der Waals surface area contributed by atoms with Crippen molar-refractivity contribution in [2.75, 3.05) is 6.61 Å². The maximum Gasteiger partial charge on any atom is 0.310 e. The summed E-state index contributed by atoms with van der Waals surface area (Å²) in [7, 11) is 0. The third-order valence-corrected chi connectivity index (χ3v) is 7.29. The van der Waals surface area contributed by atoms with Crippen LogP contribution in [0.15, 0.2) is 89.8 Å². The number of hydrogen-bond acceptors (Lipinski definition) is 3. The highest BCUT2D eigenvalue weighted by Crippen LogP contribution is 2.41. The molecule has 0 saturated carbocycles. The molecule has 1 aliphatic carbocycles. The van der Waals surface area contributed by atoms with Crippen molar-refractivity contribution in [2.45, 2.75) is 32.1 Å².